The molecule has 15 heteroatoms. The molecule has 35 rings (SSSR count). The lowest BCUT2D eigenvalue weighted by molar-refractivity contribution is 1.02. The van der Waals surface area contributed by atoms with Crippen LogP contribution < -0.4 is 0 Å². The number of fused-ring (bicyclic) bond motifs is 40. The van der Waals surface area contributed by atoms with Crippen molar-refractivity contribution in [3.8, 4) is 62.7 Å². The summed E-state index contributed by atoms with van der Waals surface area (Å²) in [6, 6.07) is 157. The molecule has 12 nitrogen and oxygen atoms in total. The highest BCUT2D eigenvalue weighted by Gasteiger charge is 2.33. The highest BCUT2D eigenvalue weighted by Crippen LogP contribution is 2.54. The SMILES string of the molecule is c1ccc(-c2ccc(-c3nc(-n4c5ccccc5c5cc6c7ccccc7n7c8ccccc8c(c54)c67)nc4c3sc3ccccc34)cc2)cc1.c1ccc(-c2nc(-n3c4ccccc4c4cc5c6ccccc6n6c7ccccc7c(c43)c56)nc3c2sc2ccccc23)cc1.c1ccc2cc(-c3nc(-n4c5ccccc5c5cc6c7ccccc7n7c8ccccc8c(c54)c67)nc4c3sc3ccccc34)ccc2c1. The molecule has 0 aliphatic heterocycles. The summed E-state index contributed by atoms with van der Waals surface area (Å²) in [5, 5.41) is 28.2. The van der Waals surface area contributed by atoms with Gasteiger partial charge in [0.1, 0.15) is 0 Å². The van der Waals surface area contributed by atoms with E-state index in [1.54, 1.807) is 34.0 Å². The van der Waals surface area contributed by atoms with Gasteiger partial charge in [-0.3, -0.25) is 13.7 Å². The number of rotatable bonds is 7. The molecule has 0 radical (unpaired) electrons. The van der Waals surface area contributed by atoms with Gasteiger partial charge in [0.15, 0.2) is 0 Å². The molecule has 20 aromatic carbocycles. The maximum Gasteiger partial charge on any atom is 0.235 e. The maximum absolute atomic E-state index is 5.54. The van der Waals surface area contributed by atoms with Crippen molar-refractivity contribution in [3.63, 3.8) is 0 Å². The Labute approximate surface area is 835 Å². The van der Waals surface area contributed by atoms with Gasteiger partial charge in [0.25, 0.3) is 0 Å². The molecule has 15 aromatic heterocycles. The molecule has 670 valence electrons. The maximum atomic E-state index is 5.54. The molecule has 0 fully saturated rings. The van der Waals surface area contributed by atoms with Gasteiger partial charge in [0.05, 0.1) is 130 Å². The molecular formula is C130H72N12S3. The fraction of sp³-hybridized carbons (Fsp3) is 0. The van der Waals surface area contributed by atoms with E-state index in [-0.39, 0.29) is 0 Å². The minimum Gasteiger partial charge on any atom is -0.308 e. The fourth-order valence-corrected chi connectivity index (χ4v) is 28.0. The molecule has 0 unspecified atom stereocenters. The standard InChI is InChI=1S/C46H26N4S.C44H24N4S.C40H22N4S/c1-2-12-27(13-3-1)28-22-24-29(25-23-28)41-45-42(33-17-7-11-21-39(33)51-45)48-46(47-41)50-37-19-9-5-15-31(37)35-26-34-30-14-4-8-18-36(30)49-38-20-10-6-16-32(38)40(43(34)49)44(35)50;1-2-12-26-23-27(22-21-25(26)11-1)39-43-40(31-16-6-10-20-37(31)49-43)46-44(45-39)48-35-18-8-4-14-29(35)33-24-32-28-13-3-7-17-34(28)47-36-19-9-5-15-30(36)38(41(32)47)42(33)48;1-2-12-23(13-3-1)35-39-36(27-17-7-11-21-33(27)45-39)42-40(41-35)44-31-19-9-5-15-25(31)29-22-28-24-14-4-8-18-30(24)43-32-20-10-6-16-26(32)34(37(28)43)38(29)44/h1-26H;1-24H;1-22H. The molecular weight excluding hydrogens is 1830 g/mol. The van der Waals surface area contributed by atoms with E-state index in [9.17, 15) is 0 Å². The Morgan fingerprint density at radius 3 is 0.759 bits per heavy atom. The predicted molar refractivity (Wildman–Crippen MR) is 611 cm³/mol. The third-order valence-electron chi connectivity index (χ3n) is 30.6. The van der Waals surface area contributed by atoms with Crippen molar-refractivity contribution in [2.75, 3.05) is 0 Å². The van der Waals surface area contributed by atoms with E-state index in [1.807, 2.05) is 0 Å². The van der Waals surface area contributed by atoms with E-state index in [4.69, 9.17) is 29.9 Å². The van der Waals surface area contributed by atoms with Crippen LogP contribution in [0.2, 0.25) is 0 Å². The predicted octanol–water partition coefficient (Wildman–Crippen LogP) is 35.1. The van der Waals surface area contributed by atoms with Crippen molar-refractivity contribution >= 4 is 285 Å². The quantitative estimate of drug-likeness (QED) is 0.157. The van der Waals surface area contributed by atoms with Crippen LogP contribution in [0.4, 0.5) is 0 Å². The molecule has 0 bridgehead atoms. The van der Waals surface area contributed by atoms with Crippen molar-refractivity contribution in [1.82, 2.24) is 56.8 Å². The van der Waals surface area contributed by atoms with Crippen molar-refractivity contribution in [1.29, 1.82) is 0 Å². The van der Waals surface area contributed by atoms with Gasteiger partial charge < -0.3 is 13.2 Å². The lowest BCUT2D eigenvalue weighted by atomic mass is 10.0. The van der Waals surface area contributed by atoms with Gasteiger partial charge in [-0.2, -0.15) is 0 Å². The number of nitrogens with zero attached hydrogens (tertiary/aromatic N) is 12. The molecule has 35 aromatic rings. The Kier molecular flexibility index (Phi) is 16.4. The molecule has 0 amide bonds. The monoisotopic (exact) mass is 1900 g/mol. The zero-order chi connectivity index (χ0) is 94.2. The molecule has 0 spiro atoms. The number of hydrogen-bond donors (Lipinski definition) is 0. The van der Waals surface area contributed by atoms with Crippen molar-refractivity contribution < 1.29 is 0 Å². The fourth-order valence-electron chi connectivity index (χ4n) is 24.5. The Morgan fingerprint density at radius 2 is 0.400 bits per heavy atom. The largest absolute Gasteiger partial charge is 0.308 e. The average molecular weight is 1900 g/mol. The van der Waals surface area contributed by atoms with Crippen molar-refractivity contribution in [3.05, 3.63) is 437 Å². The lowest BCUT2D eigenvalue weighted by Crippen LogP contribution is -2.03. The summed E-state index contributed by atoms with van der Waals surface area (Å²) in [7, 11) is 0. The van der Waals surface area contributed by atoms with Crippen LogP contribution in [0, 0.1) is 0 Å². The summed E-state index contributed by atoms with van der Waals surface area (Å²) in [6.45, 7) is 0. The van der Waals surface area contributed by atoms with Crippen LogP contribution in [0.25, 0.3) is 314 Å². The molecule has 0 saturated heterocycles. The van der Waals surface area contributed by atoms with Crippen LogP contribution in [-0.2, 0) is 0 Å². The van der Waals surface area contributed by atoms with Gasteiger partial charge in [-0.05, 0) is 119 Å². The molecule has 0 atom stereocenters. The molecule has 0 aliphatic carbocycles. The Bertz CT molecular complexity index is 11800. The first-order chi connectivity index (χ1) is 72.0. The van der Waals surface area contributed by atoms with E-state index in [0.29, 0.717) is 17.8 Å². The van der Waals surface area contributed by atoms with Crippen molar-refractivity contribution in [2.45, 2.75) is 0 Å². The highest BCUT2D eigenvalue weighted by molar-refractivity contribution is 7.27. The van der Waals surface area contributed by atoms with Gasteiger partial charge >= 0.3 is 0 Å². The Balaban J connectivity index is 0.0000000955. The summed E-state index contributed by atoms with van der Waals surface area (Å²) in [5.41, 5.74) is 29.3. The molecule has 0 N–H and O–H groups in total. The summed E-state index contributed by atoms with van der Waals surface area (Å²) < 4.78 is 21.3. The summed E-state index contributed by atoms with van der Waals surface area (Å²) in [6.07, 6.45) is 0. The lowest BCUT2D eigenvalue weighted by Gasteiger charge is -2.11. The van der Waals surface area contributed by atoms with Gasteiger partial charge in [-0.15, -0.1) is 34.0 Å². The molecule has 0 aliphatic rings. The Morgan fingerprint density at radius 1 is 0.159 bits per heavy atom. The average Bonchev–Trinajstić information content (AvgIpc) is 1.52. The van der Waals surface area contributed by atoms with Crippen LogP contribution in [0.15, 0.2) is 437 Å². The number of thiophene rings is 3. The molecule has 145 heavy (non-hydrogen) atoms. The van der Waals surface area contributed by atoms with Gasteiger partial charge in [0, 0.05) is 144 Å². The van der Waals surface area contributed by atoms with Crippen LogP contribution in [0.5, 0.6) is 0 Å². The van der Waals surface area contributed by atoms with E-state index >= 15 is 0 Å². The van der Waals surface area contributed by atoms with E-state index in [0.717, 1.165) is 114 Å². The second kappa shape index (κ2) is 30.0. The van der Waals surface area contributed by atoms with Crippen LogP contribution in [0.1, 0.15) is 0 Å². The number of hydrogen-bond acceptors (Lipinski definition) is 9. The summed E-state index contributed by atoms with van der Waals surface area (Å²) >= 11 is 5.31. The zero-order valence-corrected chi connectivity index (χ0v) is 79.6. The third-order valence-corrected chi connectivity index (χ3v) is 34.1. The van der Waals surface area contributed by atoms with Crippen molar-refractivity contribution in [2.24, 2.45) is 0 Å². The smallest absolute Gasteiger partial charge is 0.235 e. The minimum absolute atomic E-state index is 0.682. The van der Waals surface area contributed by atoms with E-state index in [2.05, 4.69) is 464 Å². The van der Waals surface area contributed by atoms with Gasteiger partial charge in [-0.1, -0.05) is 340 Å². The van der Waals surface area contributed by atoms with E-state index in [1.165, 1.54) is 183 Å². The number of benzene rings is 20. The van der Waals surface area contributed by atoms with E-state index < -0.39 is 0 Å². The summed E-state index contributed by atoms with van der Waals surface area (Å²) in [4.78, 5) is 32.9. The topological polar surface area (TPSA) is 105 Å². The zero-order valence-electron chi connectivity index (χ0n) is 77.2. The second-order valence-electron chi connectivity index (χ2n) is 38.1. The van der Waals surface area contributed by atoms with Crippen LogP contribution >= 0.6 is 34.0 Å². The first-order valence-electron chi connectivity index (χ1n) is 49.1. The van der Waals surface area contributed by atoms with Gasteiger partial charge in [-0.25, -0.2) is 29.9 Å². The molecule has 0 saturated carbocycles. The minimum atomic E-state index is 0.682. The van der Waals surface area contributed by atoms with Gasteiger partial charge in [0.2, 0.25) is 17.8 Å². The Hall–Kier alpha value is -18.6. The first-order valence-corrected chi connectivity index (χ1v) is 51.5. The van der Waals surface area contributed by atoms with Crippen LogP contribution in [-0.4, -0.2) is 56.8 Å². The highest BCUT2D eigenvalue weighted by atomic mass is 32.1. The summed E-state index contributed by atoms with van der Waals surface area (Å²) in [5.74, 6) is 2.06. The normalized spacial score (nSPS) is 12.4. The van der Waals surface area contributed by atoms with Crippen LogP contribution in [0.3, 0.4) is 0 Å². The number of para-hydroxylation sites is 9. The third kappa shape index (κ3) is 11.1. The first kappa shape index (κ1) is 79.2. The molecule has 15 heterocycles. The second-order valence-corrected chi connectivity index (χ2v) is 41.3. The number of aromatic nitrogens is 12.